The maximum absolute atomic E-state index is 6.13. The van der Waals surface area contributed by atoms with Crippen LogP contribution in [0.1, 0.15) is 24.3 Å². The summed E-state index contributed by atoms with van der Waals surface area (Å²) >= 11 is 7.74. The molecule has 0 aromatic carbocycles. The monoisotopic (exact) mass is 263 g/mol. The zero-order valence-electron chi connectivity index (χ0n) is 9.83. The second-order valence-corrected chi connectivity index (χ2v) is 4.76. The van der Waals surface area contributed by atoms with E-state index in [2.05, 4.69) is 12.2 Å². The Bertz CT molecular complexity index is 302. The van der Waals surface area contributed by atoms with Crippen molar-refractivity contribution >= 4 is 22.9 Å². The Hall–Kier alpha value is -0.130. The molecule has 5 heteroatoms. The van der Waals surface area contributed by atoms with Gasteiger partial charge >= 0.3 is 0 Å². The van der Waals surface area contributed by atoms with Crippen molar-refractivity contribution in [1.29, 1.82) is 0 Å². The van der Waals surface area contributed by atoms with Crippen LogP contribution in [0.3, 0.4) is 0 Å². The van der Waals surface area contributed by atoms with Gasteiger partial charge in [-0.05, 0) is 24.4 Å². The number of thiophene rings is 1. The number of ether oxygens (including phenoxy) is 2. The molecule has 0 saturated carbocycles. The molecule has 92 valence electrons. The number of rotatable bonds is 7. The van der Waals surface area contributed by atoms with Crippen molar-refractivity contribution in [3.63, 3.8) is 0 Å². The molecule has 0 saturated heterocycles. The molecule has 0 aliphatic carbocycles. The molecule has 0 aliphatic heterocycles. The molecule has 1 N–H and O–H groups in total. The minimum atomic E-state index is -0.317. The Kier molecular flexibility index (Phi) is 6.31. The first-order chi connectivity index (χ1) is 7.74. The van der Waals surface area contributed by atoms with E-state index >= 15 is 0 Å². The first kappa shape index (κ1) is 13.9. The first-order valence-corrected chi connectivity index (χ1v) is 6.52. The standard InChI is InChI=1S/C11H18ClNO2S/c1-4-6-13-9(11(14-2)15-3)10-8(12)5-7-16-10/h5,7,9,11,13H,4,6H2,1-3H3. The van der Waals surface area contributed by atoms with Gasteiger partial charge in [-0.3, -0.25) is 0 Å². The Morgan fingerprint density at radius 3 is 2.56 bits per heavy atom. The smallest absolute Gasteiger partial charge is 0.177 e. The van der Waals surface area contributed by atoms with Gasteiger partial charge in [0, 0.05) is 19.1 Å². The molecule has 3 nitrogen and oxygen atoms in total. The molecule has 16 heavy (non-hydrogen) atoms. The van der Waals surface area contributed by atoms with Gasteiger partial charge in [0.05, 0.1) is 11.1 Å². The largest absolute Gasteiger partial charge is 0.354 e. The second-order valence-electron chi connectivity index (χ2n) is 3.40. The fourth-order valence-corrected chi connectivity index (χ4v) is 2.77. The predicted octanol–water partition coefficient (Wildman–Crippen LogP) is 3.06. The van der Waals surface area contributed by atoms with E-state index in [1.165, 1.54) is 0 Å². The topological polar surface area (TPSA) is 30.5 Å². The van der Waals surface area contributed by atoms with Crippen LogP contribution >= 0.6 is 22.9 Å². The van der Waals surface area contributed by atoms with Gasteiger partial charge in [-0.2, -0.15) is 0 Å². The minimum Gasteiger partial charge on any atom is -0.354 e. The Balaban J connectivity index is 2.82. The maximum atomic E-state index is 6.13. The molecule has 0 bridgehead atoms. The molecular weight excluding hydrogens is 246 g/mol. The van der Waals surface area contributed by atoms with Gasteiger partial charge < -0.3 is 14.8 Å². The summed E-state index contributed by atoms with van der Waals surface area (Å²) in [4.78, 5) is 1.06. The molecule has 0 fully saturated rings. The average molecular weight is 264 g/mol. The highest BCUT2D eigenvalue weighted by atomic mass is 35.5. The van der Waals surface area contributed by atoms with Gasteiger partial charge in [-0.1, -0.05) is 18.5 Å². The van der Waals surface area contributed by atoms with Crippen molar-refractivity contribution in [2.45, 2.75) is 25.7 Å². The van der Waals surface area contributed by atoms with E-state index < -0.39 is 0 Å². The molecule has 1 aromatic rings. The van der Waals surface area contributed by atoms with Crippen LogP contribution in [0.2, 0.25) is 5.02 Å². The molecule has 0 radical (unpaired) electrons. The Morgan fingerprint density at radius 1 is 1.44 bits per heavy atom. The quantitative estimate of drug-likeness (QED) is 0.767. The summed E-state index contributed by atoms with van der Waals surface area (Å²) in [6.45, 7) is 3.02. The van der Waals surface area contributed by atoms with Crippen LogP contribution in [-0.2, 0) is 9.47 Å². The van der Waals surface area contributed by atoms with Gasteiger partial charge in [-0.15, -0.1) is 11.3 Å². The van der Waals surface area contributed by atoms with E-state index in [1.807, 2.05) is 11.4 Å². The SMILES string of the molecule is CCCNC(c1sccc1Cl)C(OC)OC. The van der Waals surface area contributed by atoms with Crippen molar-refractivity contribution in [2.24, 2.45) is 0 Å². The Labute approximate surface area is 106 Å². The number of nitrogens with one attached hydrogen (secondary N) is 1. The number of methoxy groups -OCH3 is 2. The maximum Gasteiger partial charge on any atom is 0.177 e. The molecule has 1 atom stereocenters. The van der Waals surface area contributed by atoms with E-state index in [1.54, 1.807) is 25.6 Å². The summed E-state index contributed by atoms with van der Waals surface area (Å²) in [5.74, 6) is 0. The lowest BCUT2D eigenvalue weighted by atomic mass is 10.2. The summed E-state index contributed by atoms with van der Waals surface area (Å²) in [5, 5.41) is 6.13. The fourth-order valence-electron chi connectivity index (χ4n) is 1.51. The van der Waals surface area contributed by atoms with Crippen molar-refractivity contribution < 1.29 is 9.47 Å². The van der Waals surface area contributed by atoms with E-state index in [0.29, 0.717) is 0 Å². The summed E-state index contributed by atoms with van der Waals surface area (Å²) in [5.41, 5.74) is 0. The lowest BCUT2D eigenvalue weighted by Gasteiger charge is -2.25. The van der Waals surface area contributed by atoms with Gasteiger partial charge in [0.15, 0.2) is 6.29 Å². The zero-order valence-corrected chi connectivity index (χ0v) is 11.4. The van der Waals surface area contributed by atoms with Crippen LogP contribution in [0.25, 0.3) is 0 Å². The molecule has 1 rings (SSSR count). The normalized spacial score (nSPS) is 13.3. The van der Waals surface area contributed by atoms with E-state index in [-0.39, 0.29) is 12.3 Å². The summed E-state index contributed by atoms with van der Waals surface area (Å²) < 4.78 is 10.6. The molecule has 0 aliphatic rings. The highest BCUT2D eigenvalue weighted by Gasteiger charge is 2.25. The van der Waals surface area contributed by atoms with Gasteiger partial charge in [0.1, 0.15) is 0 Å². The van der Waals surface area contributed by atoms with Crippen molar-refractivity contribution in [1.82, 2.24) is 5.32 Å². The van der Waals surface area contributed by atoms with Crippen LogP contribution in [-0.4, -0.2) is 27.1 Å². The lowest BCUT2D eigenvalue weighted by molar-refractivity contribution is -0.123. The second kappa shape index (κ2) is 7.25. The number of hydrogen-bond donors (Lipinski definition) is 1. The van der Waals surface area contributed by atoms with Crippen LogP contribution in [0.4, 0.5) is 0 Å². The van der Waals surface area contributed by atoms with Gasteiger partial charge in [0.2, 0.25) is 0 Å². The van der Waals surface area contributed by atoms with Gasteiger partial charge in [-0.25, -0.2) is 0 Å². The first-order valence-electron chi connectivity index (χ1n) is 5.26. The molecular formula is C11H18ClNO2S. The minimum absolute atomic E-state index is 0.0116. The molecule has 0 spiro atoms. The van der Waals surface area contributed by atoms with Crippen molar-refractivity contribution in [3.8, 4) is 0 Å². The van der Waals surface area contributed by atoms with Gasteiger partial charge in [0.25, 0.3) is 0 Å². The van der Waals surface area contributed by atoms with E-state index in [9.17, 15) is 0 Å². The molecule has 1 aromatic heterocycles. The predicted molar refractivity (Wildman–Crippen MR) is 68.2 cm³/mol. The number of halogens is 1. The fraction of sp³-hybridized carbons (Fsp3) is 0.636. The molecule has 1 heterocycles. The summed E-state index contributed by atoms with van der Waals surface area (Å²) in [6.07, 6.45) is 0.738. The highest BCUT2D eigenvalue weighted by Crippen LogP contribution is 2.31. The summed E-state index contributed by atoms with van der Waals surface area (Å²) in [6, 6.07) is 1.88. The Morgan fingerprint density at radius 2 is 2.12 bits per heavy atom. The summed E-state index contributed by atoms with van der Waals surface area (Å²) in [7, 11) is 3.27. The molecule has 1 unspecified atom stereocenters. The van der Waals surface area contributed by atoms with Crippen molar-refractivity contribution in [2.75, 3.05) is 20.8 Å². The van der Waals surface area contributed by atoms with Crippen molar-refractivity contribution in [3.05, 3.63) is 21.3 Å². The lowest BCUT2D eigenvalue weighted by Crippen LogP contribution is -2.34. The third-order valence-electron chi connectivity index (χ3n) is 2.28. The van der Waals surface area contributed by atoms with E-state index in [0.717, 1.165) is 22.9 Å². The third-order valence-corrected chi connectivity index (χ3v) is 3.72. The van der Waals surface area contributed by atoms with Crippen LogP contribution in [0.15, 0.2) is 11.4 Å². The zero-order chi connectivity index (χ0) is 12.0. The van der Waals surface area contributed by atoms with Crippen LogP contribution in [0.5, 0.6) is 0 Å². The van der Waals surface area contributed by atoms with E-state index in [4.69, 9.17) is 21.1 Å². The molecule has 0 amide bonds. The van der Waals surface area contributed by atoms with Crippen LogP contribution < -0.4 is 5.32 Å². The third kappa shape index (κ3) is 3.43. The highest BCUT2D eigenvalue weighted by molar-refractivity contribution is 7.10. The van der Waals surface area contributed by atoms with Crippen LogP contribution in [0, 0.1) is 0 Å². The number of hydrogen-bond acceptors (Lipinski definition) is 4. The average Bonchev–Trinajstić information content (AvgIpc) is 2.71.